The van der Waals surface area contributed by atoms with Gasteiger partial charge in [0.05, 0.1) is 0 Å². The van der Waals surface area contributed by atoms with Crippen molar-refractivity contribution >= 4 is 29.4 Å². The number of ether oxygens (including phenoxy) is 2. The molecule has 1 saturated carbocycles. The number of amides is 1. The minimum Gasteiger partial charge on any atom is -0.478 e. The molecule has 1 aromatic heterocycles. The summed E-state index contributed by atoms with van der Waals surface area (Å²) in [4.78, 5) is 38.8. The first-order valence-electron chi connectivity index (χ1n) is 14.3. The van der Waals surface area contributed by atoms with Crippen molar-refractivity contribution in [3.8, 4) is 23.3 Å². The molecule has 0 saturated heterocycles. The molecule has 4 rings (SSSR count). The summed E-state index contributed by atoms with van der Waals surface area (Å²) in [5, 5.41) is 27.4. The number of aromatic nitrogens is 1. The molecular weight excluding hydrogens is 649 g/mol. The number of benzene rings is 2. The van der Waals surface area contributed by atoms with Gasteiger partial charge in [0.25, 0.3) is 17.7 Å². The van der Waals surface area contributed by atoms with E-state index in [4.69, 9.17) is 30.5 Å². The number of aliphatic carboxylic acids is 1. The summed E-state index contributed by atoms with van der Waals surface area (Å²) in [7, 11) is 0. The van der Waals surface area contributed by atoms with Crippen molar-refractivity contribution in [3.63, 3.8) is 0 Å². The van der Waals surface area contributed by atoms with E-state index in [1.165, 1.54) is 29.2 Å². The smallest absolute Gasteiger partial charge is 0.478 e. The summed E-state index contributed by atoms with van der Waals surface area (Å²) < 4.78 is 74.9. The molecule has 17 heteroatoms. The van der Waals surface area contributed by atoms with E-state index < -0.39 is 58.7 Å². The second-order valence-corrected chi connectivity index (χ2v) is 11.0. The fourth-order valence-corrected chi connectivity index (χ4v) is 4.33. The van der Waals surface area contributed by atoms with Crippen LogP contribution in [0.1, 0.15) is 66.8 Å². The highest BCUT2D eigenvalue weighted by molar-refractivity contribution is 5.99. The lowest BCUT2D eigenvalue weighted by Crippen LogP contribution is -2.38. The molecule has 3 aromatic rings. The zero-order chi connectivity index (χ0) is 36.1. The first-order valence-corrected chi connectivity index (χ1v) is 14.3. The standard InChI is InChI=1S/C29H31F2N5O5.C2HF3O2/c1-14(2)36(15(3)4)24-22(30)27(40-19-7-5-6-16(12-19)25(32)33)35-28(23(24)31)41-21-11-8-17(13-20(21)29(38)39)26(37)34-18-9-10-18;3-2(4,5)1(6)7/h5-8,11-15,18H,9-10H2,1-4H3,(H3,32,33)(H,34,37)(H,38,39);(H,6,7). The van der Waals surface area contributed by atoms with Crippen LogP contribution in [0.5, 0.6) is 23.3 Å². The number of hydrogen-bond donors (Lipinski definition) is 5. The van der Waals surface area contributed by atoms with Crippen LogP contribution in [0.2, 0.25) is 0 Å². The third-order valence-electron chi connectivity index (χ3n) is 6.56. The molecule has 0 aliphatic heterocycles. The van der Waals surface area contributed by atoms with Crippen LogP contribution < -0.4 is 25.4 Å². The number of nitrogen functional groups attached to an aromatic ring is 1. The van der Waals surface area contributed by atoms with Crippen LogP contribution in [0.4, 0.5) is 27.6 Å². The quantitative estimate of drug-likeness (QED) is 0.0902. The largest absolute Gasteiger partial charge is 0.490 e. The highest BCUT2D eigenvalue weighted by Gasteiger charge is 2.38. The Kier molecular flexibility index (Phi) is 11.5. The Morgan fingerprint density at radius 1 is 0.958 bits per heavy atom. The highest BCUT2D eigenvalue weighted by atomic mass is 19.4. The molecule has 1 heterocycles. The van der Waals surface area contributed by atoms with E-state index in [0.29, 0.717) is 5.56 Å². The number of alkyl halides is 3. The predicted octanol–water partition coefficient (Wildman–Crippen LogP) is 6.08. The molecule has 1 aliphatic rings. The van der Waals surface area contributed by atoms with E-state index in [9.17, 15) is 27.9 Å². The molecule has 2 aromatic carbocycles. The molecule has 48 heavy (non-hydrogen) atoms. The highest BCUT2D eigenvalue weighted by Crippen LogP contribution is 2.40. The molecule has 258 valence electrons. The Hall–Kier alpha value is -5.48. The molecule has 6 N–H and O–H groups in total. The fourth-order valence-electron chi connectivity index (χ4n) is 4.33. The Bertz CT molecular complexity index is 1700. The predicted molar refractivity (Wildman–Crippen MR) is 162 cm³/mol. The number of carboxylic acid groups (broad SMARTS) is 2. The minimum absolute atomic E-state index is 0.0575. The molecule has 12 nitrogen and oxygen atoms in total. The number of hydrogen-bond acceptors (Lipinski definition) is 8. The van der Waals surface area contributed by atoms with Gasteiger partial charge in [-0.15, -0.1) is 0 Å². The number of nitrogens with two attached hydrogens (primary N) is 1. The van der Waals surface area contributed by atoms with Gasteiger partial charge in [-0.3, -0.25) is 10.2 Å². The lowest BCUT2D eigenvalue weighted by Gasteiger charge is -2.33. The van der Waals surface area contributed by atoms with Crippen molar-refractivity contribution in [1.82, 2.24) is 10.3 Å². The number of carboxylic acids is 2. The number of pyridine rings is 1. The maximum atomic E-state index is 16.0. The SMILES string of the molecule is CC(C)N(c1c(F)c(Oc2cccc(C(=N)N)c2)nc(Oc2ccc(C(=O)NC3CC3)cc2C(=O)O)c1F)C(C)C.O=C(O)C(F)(F)F. The van der Waals surface area contributed by atoms with E-state index in [-0.39, 0.29) is 41.0 Å². The number of aromatic carboxylic acids is 1. The zero-order valence-corrected chi connectivity index (χ0v) is 26.0. The van der Waals surface area contributed by atoms with Crippen LogP contribution in [0, 0.1) is 17.0 Å². The summed E-state index contributed by atoms with van der Waals surface area (Å²) in [6.07, 6.45) is -3.38. The van der Waals surface area contributed by atoms with Crippen LogP contribution >= 0.6 is 0 Å². The second-order valence-electron chi connectivity index (χ2n) is 11.0. The van der Waals surface area contributed by atoms with Gasteiger partial charge >= 0.3 is 18.1 Å². The normalized spacial score (nSPS) is 12.6. The van der Waals surface area contributed by atoms with Gasteiger partial charge in [0.2, 0.25) is 11.6 Å². The molecule has 0 bridgehead atoms. The van der Waals surface area contributed by atoms with Gasteiger partial charge in [-0.2, -0.15) is 26.9 Å². The Morgan fingerprint density at radius 3 is 2.00 bits per heavy atom. The van der Waals surface area contributed by atoms with Gasteiger partial charge in [-0.1, -0.05) is 12.1 Å². The molecule has 0 unspecified atom stereocenters. The van der Waals surface area contributed by atoms with Gasteiger partial charge in [0, 0.05) is 29.3 Å². The van der Waals surface area contributed by atoms with Gasteiger partial charge in [0.1, 0.15) is 28.6 Å². The van der Waals surface area contributed by atoms with Crippen LogP contribution in [-0.4, -0.2) is 63.2 Å². The summed E-state index contributed by atoms with van der Waals surface area (Å²) in [5.74, 6) is -8.74. The summed E-state index contributed by atoms with van der Waals surface area (Å²) in [6, 6.07) is 9.00. The number of rotatable bonds is 11. The van der Waals surface area contributed by atoms with Gasteiger partial charge in [-0.25, -0.2) is 9.59 Å². The van der Waals surface area contributed by atoms with Gasteiger partial charge < -0.3 is 35.6 Å². The van der Waals surface area contributed by atoms with Crippen molar-refractivity contribution in [1.29, 1.82) is 5.41 Å². The number of nitrogens with one attached hydrogen (secondary N) is 2. The van der Waals surface area contributed by atoms with Gasteiger partial charge in [0.15, 0.2) is 0 Å². The summed E-state index contributed by atoms with van der Waals surface area (Å²) >= 11 is 0. The van der Waals surface area contributed by atoms with E-state index in [1.54, 1.807) is 39.8 Å². The molecule has 0 spiro atoms. The van der Waals surface area contributed by atoms with Crippen LogP contribution in [0.25, 0.3) is 0 Å². The van der Waals surface area contributed by atoms with Crippen LogP contribution in [-0.2, 0) is 4.79 Å². The molecular formula is C31H32F5N5O7. The number of carbonyl (C=O) groups excluding carboxylic acids is 1. The van der Waals surface area contributed by atoms with E-state index >= 15 is 8.78 Å². The molecule has 1 aliphatic carbocycles. The Balaban J connectivity index is 0.000000804. The molecule has 0 atom stereocenters. The van der Waals surface area contributed by atoms with Gasteiger partial charge in [-0.05, 0) is 70.9 Å². The van der Waals surface area contributed by atoms with Crippen molar-refractivity contribution in [2.75, 3.05) is 4.90 Å². The van der Waals surface area contributed by atoms with E-state index in [2.05, 4.69) is 10.3 Å². The lowest BCUT2D eigenvalue weighted by atomic mass is 10.1. The maximum Gasteiger partial charge on any atom is 0.490 e. The number of anilines is 1. The van der Waals surface area contributed by atoms with Crippen molar-refractivity contribution in [2.24, 2.45) is 5.73 Å². The van der Waals surface area contributed by atoms with E-state index in [0.717, 1.165) is 18.9 Å². The van der Waals surface area contributed by atoms with E-state index in [1.807, 2.05) is 0 Å². The fraction of sp³-hybridized carbons (Fsp3) is 0.323. The van der Waals surface area contributed by atoms with Crippen molar-refractivity contribution in [2.45, 2.75) is 64.8 Å². The number of halogens is 5. The number of amidine groups is 1. The lowest BCUT2D eigenvalue weighted by molar-refractivity contribution is -0.192. The second kappa shape index (κ2) is 15.0. The maximum absolute atomic E-state index is 16.0. The number of carbonyl (C=O) groups is 3. The monoisotopic (exact) mass is 681 g/mol. The topological polar surface area (TPSA) is 188 Å². The first-order chi connectivity index (χ1) is 22.3. The third-order valence-corrected chi connectivity index (χ3v) is 6.56. The van der Waals surface area contributed by atoms with Crippen LogP contribution in [0.15, 0.2) is 42.5 Å². The molecule has 0 radical (unpaired) electrons. The molecule has 1 fully saturated rings. The first kappa shape index (κ1) is 37.0. The van der Waals surface area contributed by atoms with Crippen molar-refractivity contribution in [3.05, 3.63) is 70.8 Å². The zero-order valence-electron chi connectivity index (χ0n) is 26.0. The average molecular weight is 682 g/mol. The molecule has 1 amide bonds. The number of nitrogens with zero attached hydrogens (tertiary/aromatic N) is 2. The minimum atomic E-state index is -5.08. The summed E-state index contributed by atoms with van der Waals surface area (Å²) in [5.41, 5.74) is 5.06. The Labute approximate surface area is 270 Å². The Morgan fingerprint density at radius 2 is 1.52 bits per heavy atom. The summed E-state index contributed by atoms with van der Waals surface area (Å²) in [6.45, 7) is 7.02. The average Bonchev–Trinajstić information content (AvgIpc) is 3.81. The van der Waals surface area contributed by atoms with Crippen molar-refractivity contribution < 1.29 is 56.0 Å². The van der Waals surface area contributed by atoms with Crippen LogP contribution in [0.3, 0.4) is 0 Å². The third kappa shape index (κ3) is 9.29.